The second-order valence-electron chi connectivity index (χ2n) is 6.35. The Bertz CT molecular complexity index is 1000. The number of hydrogen-bond donors (Lipinski definition) is 1. The van der Waals surface area contributed by atoms with Crippen LogP contribution in [0.3, 0.4) is 0 Å². The van der Waals surface area contributed by atoms with Gasteiger partial charge in [-0.05, 0) is 12.1 Å². The Morgan fingerprint density at radius 2 is 2.15 bits per heavy atom. The number of nitrogens with one attached hydrogen (secondary N) is 1. The SMILES string of the molecule is COc1cncc2nc(-c3ccnc(Cl)c3)nc(C3CC(F)(F)CCN3)c12. The number of aromatic nitrogens is 4. The van der Waals surface area contributed by atoms with Crippen molar-refractivity contribution in [2.75, 3.05) is 13.7 Å². The average molecular weight is 392 g/mol. The molecule has 0 bridgehead atoms. The molecule has 6 nitrogen and oxygen atoms in total. The molecule has 1 fully saturated rings. The molecule has 27 heavy (non-hydrogen) atoms. The summed E-state index contributed by atoms with van der Waals surface area (Å²) in [7, 11) is 1.50. The molecule has 140 valence electrons. The van der Waals surface area contributed by atoms with Gasteiger partial charge in [0.2, 0.25) is 0 Å². The average Bonchev–Trinajstić information content (AvgIpc) is 2.65. The minimum absolute atomic E-state index is 0.196. The number of nitrogens with zero attached hydrogens (tertiary/aromatic N) is 4. The van der Waals surface area contributed by atoms with Crippen LogP contribution in [0, 0.1) is 0 Å². The monoisotopic (exact) mass is 391 g/mol. The summed E-state index contributed by atoms with van der Waals surface area (Å²) in [5.41, 5.74) is 1.61. The molecule has 4 heterocycles. The van der Waals surface area contributed by atoms with Gasteiger partial charge in [0.05, 0.1) is 42.1 Å². The highest BCUT2D eigenvalue weighted by atomic mass is 35.5. The fourth-order valence-corrected chi connectivity index (χ4v) is 3.43. The molecule has 0 spiro atoms. The number of rotatable bonds is 3. The van der Waals surface area contributed by atoms with E-state index >= 15 is 0 Å². The van der Waals surface area contributed by atoms with Crippen molar-refractivity contribution < 1.29 is 13.5 Å². The van der Waals surface area contributed by atoms with Gasteiger partial charge in [0.1, 0.15) is 10.9 Å². The molecule has 0 aromatic carbocycles. The Morgan fingerprint density at radius 3 is 2.89 bits per heavy atom. The number of ether oxygens (including phenoxy) is 1. The van der Waals surface area contributed by atoms with Crippen molar-refractivity contribution in [3.8, 4) is 17.1 Å². The minimum Gasteiger partial charge on any atom is -0.494 e. The topological polar surface area (TPSA) is 72.8 Å². The van der Waals surface area contributed by atoms with E-state index in [4.69, 9.17) is 16.3 Å². The standard InChI is InChI=1S/C18H16ClF2N5O/c1-27-13-9-22-8-12-15(13)16(11-7-18(20,21)3-5-23-11)26-17(25-12)10-2-4-24-14(19)6-10/h2,4,6,8-9,11,23H,3,5,7H2,1H3. The second kappa shape index (κ2) is 6.94. The normalized spacial score (nSPS) is 19.2. The molecule has 1 N–H and O–H groups in total. The molecule has 0 saturated carbocycles. The van der Waals surface area contributed by atoms with Gasteiger partial charge in [-0.15, -0.1) is 0 Å². The maximum atomic E-state index is 14.0. The van der Waals surface area contributed by atoms with E-state index in [1.165, 1.54) is 13.3 Å². The Labute approximate surface area is 159 Å². The van der Waals surface area contributed by atoms with Crippen molar-refractivity contribution in [3.63, 3.8) is 0 Å². The van der Waals surface area contributed by atoms with E-state index in [0.29, 0.717) is 38.9 Å². The van der Waals surface area contributed by atoms with Crippen LogP contribution < -0.4 is 10.1 Å². The van der Waals surface area contributed by atoms with E-state index in [2.05, 4.69) is 25.3 Å². The van der Waals surface area contributed by atoms with Crippen molar-refractivity contribution in [2.24, 2.45) is 0 Å². The first-order chi connectivity index (χ1) is 13.0. The molecule has 9 heteroatoms. The molecule has 1 atom stereocenters. The zero-order valence-corrected chi connectivity index (χ0v) is 15.2. The van der Waals surface area contributed by atoms with Crippen LogP contribution >= 0.6 is 11.6 Å². The van der Waals surface area contributed by atoms with Crippen molar-refractivity contribution in [1.29, 1.82) is 0 Å². The third kappa shape index (κ3) is 3.54. The molecule has 1 unspecified atom stereocenters. The predicted octanol–water partition coefficient (Wildman–Crippen LogP) is 3.81. The highest BCUT2D eigenvalue weighted by Crippen LogP contribution is 2.39. The second-order valence-corrected chi connectivity index (χ2v) is 6.74. The molecule has 1 saturated heterocycles. The highest BCUT2D eigenvalue weighted by Gasteiger charge is 2.38. The number of piperidine rings is 1. The van der Waals surface area contributed by atoms with Gasteiger partial charge in [-0.1, -0.05) is 11.6 Å². The zero-order valence-electron chi connectivity index (χ0n) is 14.4. The van der Waals surface area contributed by atoms with Crippen molar-refractivity contribution >= 4 is 22.5 Å². The molecule has 1 aliphatic rings. The van der Waals surface area contributed by atoms with Crippen LogP contribution in [0.1, 0.15) is 24.6 Å². The molecule has 3 aromatic rings. The van der Waals surface area contributed by atoms with Crippen molar-refractivity contribution in [1.82, 2.24) is 25.3 Å². The molecule has 4 rings (SSSR count). The largest absolute Gasteiger partial charge is 0.494 e. The molecule has 3 aromatic heterocycles. The molecule has 0 amide bonds. The molecule has 1 aliphatic heterocycles. The van der Waals surface area contributed by atoms with Gasteiger partial charge in [-0.2, -0.15) is 0 Å². The Morgan fingerprint density at radius 1 is 1.30 bits per heavy atom. The summed E-state index contributed by atoms with van der Waals surface area (Å²) in [4.78, 5) is 17.2. The van der Waals surface area contributed by atoms with Gasteiger partial charge in [-0.3, -0.25) is 4.98 Å². The lowest BCUT2D eigenvalue weighted by Crippen LogP contribution is -2.38. The first-order valence-corrected chi connectivity index (χ1v) is 8.77. The lowest BCUT2D eigenvalue weighted by molar-refractivity contribution is -0.0418. The number of hydrogen-bond acceptors (Lipinski definition) is 6. The van der Waals surface area contributed by atoms with Crippen molar-refractivity contribution in [3.05, 3.63) is 41.6 Å². The van der Waals surface area contributed by atoms with E-state index in [9.17, 15) is 8.78 Å². The van der Waals surface area contributed by atoms with Gasteiger partial charge < -0.3 is 10.1 Å². The summed E-state index contributed by atoms with van der Waals surface area (Å²) in [5.74, 6) is -1.95. The summed E-state index contributed by atoms with van der Waals surface area (Å²) in [5, 5.41) is 4.01. The lowest BCUT2D eigenvalue weighted by atomic mass is 9.96. The smallest absolute Gasteiger partial charge is 0.251 e. The van der Waals surface area contributed by atoms with E-state index in [1.54, 1.807) is 24.5 Å². The summed E-state index contributed by atoms with van der Waals surface area (Å²) in [6.45, 7) is 0.201. The van der Waals surface area contributed by atoms with Gasteiger partial charge >= 0.3 is 0 Å². The van der Waals surface area contributed by atoms with Gasteiger partial charge in [0.15, 0.2) is 5.82 Å². The predicted molar refractivity (Wildman–Crippen MR) is 97.1 cm³/mol. The van der Waals surface area contributed by atoms with Gasteiger partial charge in [0, 0.05) is 31.1 Å². The lowest BCUT2D eigenvalue weighted by Gasteiger charge is -2.30. The molecular formula is C18H16ClF2N5O. The van der Waals surface area contributed by atoms with E-state index in [1.807, 2.05) is 0 Å². The van der Waals surface area contributed by atoms with Crippen molar-refractivity contribution in [2.45, 2.75) is 24.8 Å². The van der Waals surface area contributed by atoms with Crippen LogP contribution in [-0.4, -0.2) is 39.5 Å². The quantitative estimate of drug-likeness (QED) is 0.684. The molecule has 0 radical (unpaired) electrons. The first kappa shape index (κ1) is 17.9. The van der Waals surface area contributed by atoms with Crippen LogP contribution in [0.15, 0.2) is 30.7 Å². The third-order valence-corrected chi connectivity index (χ3v) is 4.73. The maximum Gasteiger partial charge on any atom is 0.251 e. The minimum atomic E-state index is -2.76. The van der Waals surface area contributed by atoms with Crippen LogP contribution in [-0.2, 0) is 0 Å². The Kier molecular flexibility index (Phi) is 4.61. The highest BCUT2D eigenvalue weighted by molar-refractivity contribution is 6.29. The van der Waals surface area contributed by atoms with Gasteiger partial charge in [-0.25, -0.2) is 23.7 Å². The van der Waals surface area contributed by atoms with E-state index < -0.39 is 12.0 Å². The zero-order chi connectivity index (χ0) is 19.0. The first-order valence-electron chi connectivity index (χ1n) is 8.39. The fraction of sp³-hybridized carbons (Fsp3) is 0.333. The van der Waals surface area contributed by atoms with Gasteiger partial charge in [0.25, 0.3) is 5.92 Å². The summed E-state index contributed by atoms with van der Waals surface area (Å²) < 4.78 is 33.5. The number of halogens is 3. The number of methoxy groups -OCH3 is 1. The van der Waals surface area contributed by atoms with Crippen LogP contribution in [0.4, 0.5) is 8.78 Å². The Hall–Kier alpha value is -2.45. The maximum absolute atomic E-state index is 14.0. The van der Waals surface area contributed by atoms with Crippen LogP contribution in [0.5, 0.6) is 5.75 Å². The number of pyridine rings is 2. The van der Waals surface area contributed by atoms with Crippen LogP contribution in [0.25, 0.3) is 22.3 Å². The van der Waals surface area contributed by atoms with E-state index in [-0.39, 0.29) is 19.4 Å². The van der Waals surface area contributed by atoms with E-state index in [0.717, 1.165) is 0 Å². The fourth-order valence-electron chi connectivity index (χ4n) is 3.26. The summed E-state index contributed by atoms with van der Waals surface area (Å²) in [6, 6.07) is 2.71. The molecule has 0 aliphatic carbocycles. The summed E-state index contributed by atoms with van der Waals surface area (Å²) >= 11 is 5.98. The van der Waals surface area contributed by atoms with Crippen LogP contribution in [0.2, 0.25) is 5.15 Å². The number of alkyl halides is 2. The molecular weight excluding hydrogens is 376 g/mol. The third-order valence-electron chi connectivity index (χ3n) is 4.52. The Balaban J connectivity index is 1.93. The number of fused-ring (bicyclic) bond motifs is 1. The summed E-state index contributed by atoms with van der Waals surface area (Å²) in [6.07, 6.45) is 4.09.